The molecule has 0 aliphatic carbocycles. The smallest absolute Gasteiger partial charge is 0.305 e. The molecule has 0 atom stereocenters. The Morgan fingerprint density at radius 3 is 2.71 bits per heavy atom. The molecule has 0 saturated heterocycles. The first-order valence-electron chi connectivity index (χ1n) is 4.48. The van der Waals surface area contributed by atoms with Crippen molar-refractivity contribution in [2.45, 2.75) is 19.8 Å². The average Bonchev–Trinajstić information content (AvgIpc) is 2.12. The lowest BCUT2D eigenvalue weighted by atomic mass is 10.1. The van der Waals surface area contributed by atoms with Crippen LogP contribution in [0.4, 0.5) is 0 Å². The Hall–Kier alpha value is -1.51. The van der Waals surface area contributed by atoms with Crippen molar-refractivity contribution >= 4 is 5.97 Å². The van der Waals surface area contributed by atoms with Gasteiger partial charge >= 0.3 is 5.97 Å². The molecule has 0 aromatic heterocycles. The van der Waals surface area contributed by atoms with Crippen molar-refractivity contribution in [3.8, 4) is 5.75 Å². The second-order valence-electron chi connectivity index (χ2n) is 3.25. The van der Waals surface area contributed by atoms with Gasteiger partial charge in [0.25, 0.3) is 0 Å². The Morgan fingerprint density at radius 2 is 2.14 bits per heavy atom. The lowest BCUT2D eigenvalue weighted by Crippen LogP contribution is -2.01. The van der Waals surface area contributed by atoms with Gasteiger partial charge < -0.3 is 9.84 Å². The van der Waals surface area contributed by atoms with Crippen molar-refractivity contribution < 1.29 is 14.6 Å². The summed E-state index contributed by atoms with van der Waals surface area (Å²) in [4.78, 5) is 10.9. The molecule has 1 N–H and O–H groups in total. The van der Waals surface area contributed by atoms with Crippen molar-refractivity contribution in [2.75, 3.05) is 7.11 Å². The number of rotatable bonds is 3. The fraction of sp³-hybridized carbons (Fsp3) is 0.364. The van der Waals surface area contributed by atoms with Crippen LogP contribution in [0.1, 0.15) is 17.5 Å². The lowest BCUT2D eigenvalue weighted by molar-refractivity contribution is -0.140. The molecule has 14 heavy (non-hydrogen) atoms. The van der Waals surface area contributed by atoms with Gasteiger partial charge in [0.1, 0.15) is 5.75 Å². The maximum absolute atomic E-state index is 10.9. The van der Waals surface area contributed by atoms with Gasteiger partial charge in [-0.25, -0.2) is 0 Å². The van der Waals surface area contributed by atoms with Crippen LogP contribution in [0, 0.1) is 6.92 Å². The van der Waals surface area contributed by atoms with Crippen LogP contribution in [0.5, 0.6) is 5.75 Å². The normalized spacial score (nSPS) is 9.86. The maximum Gasteiger partial charge on any atom is 0.305 e. The van der Waals surface area contributed by atoms with Crippen LogP contribution < -0.4 is 0 Å². The minimum absolute atomic E-state index is 0.231. The number of ether oxygens (including phenoxy) is 1. The highest BCUT2D eigenvalue weighted by molar-refractivity contribution is 5.69. The number of aryl methyl sites for hydroxylation is 2. The monoisotopic (exact) mass is 194 g/mol. The highest BCUT2D eigenvalue weighted by atomic mass is 16.5. The fourth-order valence-electron chi connectivity index (χ4n) is 1.33. The molecule has 0 unspecified atom stereocenters. The van der Waals surface area contributed by atoms with Crippen molar-refractivity contribution in [1.29, 1.82) is 0 Å². The van der Waals surface area contributed by atoms with Gasteiger partial charge in [0.05, 0.1) is 7.11 Å². The van der Waals surface area contributed by atoms with Gasteiger partial charge in [0, 0.05) is 6.42 Å². The third-order valence-electron chi connectivity index (χ3n) is 1.97. The van der Waals surface area contributed by atoms with Crippen LogP contribution >= 0.6 is 0 Å². The molecule has 0 radical (unpaired) electrons. The summed E-state index contributed by atoms with van der Waals surface area (Å²) in [5.41, 5.74) is 1.94. The first kappa shape index (κ1) is 10.6. The number of benzene rings is 1. The van der Waals surface area contributed by atoms with Gasteiger partial charge in [0.15, 0.2) is 0 Å². The van der Waals surface area contributed by atoms with E-state index in [1.54, 1.807) is 12.1 Å². The van der Waals surface area contributed by atoms with Crippen LogP contribution in [-0.2, 0) is 16.0 Å². The van der Waals surface area contributed by atoms with E-state index in [2.05, 4.69) is 4.74 Å². The maximum atomic E-state index is 10.9. The Balaban J connectivity index is 2.63. The molecular weight excluding hydrogens is 180 g/mol. The summed E-state index contributed by atoms with van der Waals surface area (Å²) in [6, 6.07) is 5.29. The largest absolute Gasteiger partial charge is 0.508 e. The van der Waals surface area contributed by atoms with Crippen LogP contribution in [0.3, 0.4) is 0 Å². The van der Waals surface area contributed by atoms with E-state index in [9.17, 15) is 9.90 Å². The number of aromatic hydroxyl groups is 1. The number of methoxy groups -OCH3 is 1. The summed E-state index contributed by atoms with van der Waals surface area (Å²) in [7, 11) is 1.37. The zero-order valence-electron chi connectivity index (χ0n) is 8.41. The van der Waals surface area contributed by atoms with Crippen LogP contribution in [0.25, 0.3) is 0 Å². The van der Waals surface area contributed by atoms with Gasteiger partial charge in [-0.15, -0.1) is 0 Å². The molecule has 1 aromatic rings. The van der Waals surface area contributed by atoms with Gasteiger partial charge in [-0.2, -0.15) is 0 Å². The van der Waals surface area contributed by atoms with E-state index in [1.807, 2.05) is 13.0 Å². The van der Waals surface area contributed by atoms with Crippen LogP contribution in [0.2, 0.25) is 0 Å². The van der Waals surface area contributed by atoms with Gasteiger partial charge in [-0.05, 0) is 36.6 Å². The van der Waals surface area contributed by atoms with Crippen LogP contribution in [0.15, 0.2) is 18.2 Å². The topological polar surface area (TPSA) is 46.5 Å². The minimum atomic E-state index is -0.231. The fourth-order valence-corrected chi connectivity index (χ4v) is 1.33. The Labute approximate surface area is 83.3 Å². The third kappa shape index (κ3) is 3.09. The Morgan fingerprint density at radius 1 is 1.43 bits per heavy atom. The zero-order chi connectivity index (χ0) is 10.6. The SMILES string of the molecule is COC(=O)CCc1cc(C)cc(O)c1. The van der Waals surface area contributed by atoms with Gasteiger partial charge in [0.2, 0.25) is 0 Å². The van der Waals surface area contributed by atoms with E-state index in [0.29, 0.717) is 12.8 Å². The van der Waals surface area contributed by atoms with Crippen molar-refractivity contribution in [3.05, 3.63) is 29.3 Å². The van der Waals surface area contributed by atoms with Crippen molar-refractivity contribution in [1.82, 2.24) is 0 Å². The van der Waals surface area contributed by atoms with Crippen molar-refractivity contribution in [2.24, 2.45) is 0 Å². The summed E-state index contributed by atoms with van der Waals surface area (Å²) in [5, 5.41) is 9.30. The van der Waals surface area contributed by atoms with E-state index in [0.717, 1.165) is 11.1 Å². The molecular formula is C11H14O3. The molecule has 3 heteroatoms. The Bertz CT molecular complexity index is 311. The first-order valence-corrected chi connectivity index (χ1v) is 4.48. The predicted octanol–water partition coefficient (Wildman–Crippen LogP) is 1.81. The molecule has 0 aliphatic heterocycles. The second-order valence-corrected chi connectivity index (χ2v) is 3.25. The summed E-state index contributed by atoms with van der Waals surface area (Å²) >= 11 is 0. The molecule has 76 valence electrons. The number of hydrogen-bond acceptors (Lipinski definition) is 3. The standard InChI is InChI=1S/C11H14O3/c1-8-5-9(7-10(12)6-8)3-4-11(13)14-2/h5-7,12H,3-4H2,1-2H3. The summed E-state index contributed by atoms with van der Waals surface area (Å²) in [6.07, 6.45) is 0.946. The third-order valence-corrected chi connectivity index (χ3v) is 1.97. The van der Waals surface area contributed by atoms with Gasteiger partial charge in [-0.1, -0.05) is 6.07 Å². The average molecular weight is 194 g/mol. The first-order chi connectivity index (χ1) is 6.61. The quantitative estimate of drug-likeness (QED) is 0.746. The molecule has 0 fully saturated rings. The number of esters is 1. The number of phenols is 1. The second kappa shape index (κ2) is 4.65. The zero-order valence-corrected chi connectivity index (χ0v) is 8.41. The van der Waals surface area contributed by atoms with E-state index < -0.39 is 0 Å². The highest BCUT2D eigenvalue weighted by Crippen LogP contribution is 2.16. The molecule has 0 aliphatic rings. The Kier molecular flexibility index (Phi) is 3.51. The van der Waals surface area contributed by atoms with Gasteiger partial charge in [-0.3, -0.25) is 4.79 Å². The van der Waals surface area contributed by atoms with E-state index in [-0.39, 0.29) is 11.7 Å². The molecule has 0 spiro atoms. The van der Waals surface area contributed by atoms with E-state index in [4.69, 9.17) is 0 Å². The minimum Gasteiger partial charge on any atom is -0.508 e. The van der Waals surface area contributed by atoms with Crippen molar-refractivity contribution in [3.63, 3.8) is 0 Å². The number of hydrogen-bond donors (Lipinski definition) is 1. The van der Waals surface area contributed by atoms with E-state index >= 15 is 0 Å². The molecule has 1 rings (SSSR count). The number of carbonyl (C=O) groups excluding carboxylic acids is 1. The summed E-state index contributed by atoms with van der Waals surface area (Å²) in [5.74, 6) is 0.0101. The summed E-state index contributed by atoms with van der Waals surface area (Å²) in [6.45, 7) is 1.90. The summed E-state index contributed by atoms with van der Waals surface area (Å²) < 4.78 is 4.53. The molecule has 1 aromatic carbocycles. The lowest BCUT2D eigenvalue weighted by Gasteiger charge is -2.03. The molecule has 0 amide bonds. The molecule has 0 bridgehead atoms. The highest BCUT2D eigenvalue weighted by Gasteiger charge is 2.02. The molecule has 0 heterocycles. The van der Waals surface area contributed by atoms with Crippen LogP contribution in [-0.4, -0.2) is 18.2 Å². The predicted molar refractivity (Wildman–Crippen MR) is 53.2 cm³/mol. The molecule has 0 saturated carbocycles. The number of phenolic OH excluding ortho intramolecular Hbond substituents is 1. The number of carbonyl (C=O) groups is 1. The molecule has 3 nitrogen and oxygen atoms in total. The van der Waals surface area contributed by atoms with E-state index in [1.165, 1.54) is 7.11 Å².